The van der Waals surface area contributed by atoms with E-state index in [1.54, 1.807) is 4.90 Å². The molecule has 0 spiro atoms. The molecule has 2 aliphatic heterocycles. The highest BCUT2D eigenvalue weighted by molar-refractivity contribution is 5.99. The molecule has 4 aromatic carbocycles. The van der Waals surface area contributed by atoms with Crippen LogP contribution >= 0.6 is 0 Å². The normalized spacial score (nSPS) is 14.5. The molecule has 0 bridgehead atoms. The van der Waals surface area contributed by atoms with Gasteiger partial charge in [-0.1, -0.05) is 36.4 Å². The van der Waals surface area contributed by atoms with Crippen LogP contribution in [-0.2, 0) is 4.74 Å². The number of rotatable bonds is 8. The van der Waals surface area contributed by atoms with E-state index in [1.165, 1.54) is 19.8 Å². The highest BCUT2D eigenvalue weighted by Crippen LogP contribution is 2.37. The zero-order chi connectivity index (χ0) is 49.6. The highest BCUT2D eigenvalue weighted by atomic mass is 16.5. The number of hydrogen-bond acceptors (Lipinski definition) is 17. The third-order valence-corrected chi connectivity index (χ3v) is 13.4. The summed E-state index contributed by atoms with van der Waals surface area (Å²) < 4.78 is 20.7. The second kappa shape index (κ2) is 18.9. The summed E-state index contributed by atoms with van der Waals surface area (Å²) in [4.78, 5) is 40.3. The van der Waals surface area contributed by atoms with Crippen LogP contribution in [0.1, 0.15) is 60.0 Å². The van der Waals surface area contributed by atoms with E-state index in [4.69, 9.17) is 35.2 Å². The Morgan fingerprint density at radius 3 is 1.53 bits per heavy atom. The molecule has 2 aliphatic rings. The second-order valence-corrected chi connectivity index (χ2v) is 18.5. The largest absolute Gasteiger partial charge is 0.453 e. The van der Waals surface area contributed by atoms with Gasteiger partial charge < -0.3 is 45.9 Å². The van der Waals surface area contributed by atoms with Gasteiger partial charge in [-0.3, -0.25) is 0 Å². The van der Waals surface area contributed by atoms with E-state index < -0.39 is 0 Å². The predicted molar refractivity (Wildman–Crippen MR) is 277 cm³/mol. The third kappa shape index (κ3) is 8.80. The lowest BCUT2D eigenvalue weighted by Crippen LogP contribution is -2.39. The van der Waals surface area contributed by atoms with Gasteiger partial charge in [-0.05, 0) is 125 Å². The van der Waals surface area contributed by atoms with Crippen LogP contribution in [0.15, 0.2) is 94.3 Å². The maximum absolute atomic E-state index is 11.9. The molecule has 0 saturated carbocycles. The number of oxazole rings is 2. The fraction of sp³-hybridized carbons (Fsp3) is 0.288. The maximum Gasteiger partial charge on any atom is 0.409 e. The monoisotopic (exact) mass is 966 g/mol. The Bertz CT molecular complexity index is 3620. The Morgan fingerprint density at radius 1 is 0.639 bits per heavy atom. The Morgan fingerprint density at radius 2 is 1.08 bits per heavy atom. The van der Waals surface area contributed by atoms with E-state index in [1.807, 2.05) is 90.8 Å². The quantitative estimate of drug-likeness (QED) is 0.0949. The molecule has 12 rings (SSSR count). The van der Waals surface area contributed by atoms with Crippen molar-refractivity contribution in [2.75, 3.05) is 55.4 Å². The van der Waals surface area contributed by atoms with Crippen LogP contribution < -0.4 is 27.4 Å². The number of nitrogens with one attached hydrogen (secondary N) is 3. The van der Waals surface area contributed by atoms with Crippen molar-refractivity contribution in [2.24, 2.45) is 0 Å². The number of methoxy groups -OCH3 is 1. The summed E-state index contributed by atoms with van der Waals surface area (Å²) in [5, 5.41) is 21.3. The summed E-state index contributed by atoms with van der Waals surface area (Å²) in [7, 11) is 1.40. The molecule has 2 fully saturated rings. The Kier molecular flexibility index (Phi) is 12.0. The number of piperidine rings is 2. The number of fused-ring (bicyclic) bond motifs is 4. The fourth-order valence-corrected chi connectivity index (χ4v) is 9.91. The molecule has 0 aliphatic carbocycles. The van der Waals surface area contributed by atoms with Gasteiger partial charge in [-0.2, -0.15) is 20.2 Å². The van der Waals surface area contributed by atoms with Gasteiger partial charge in [-0.25, -0.2) is 34.1 Å². The molecule has 20 nitrogen and oxygen atoms in total. The van der Waals surface area contributed by atoms with Gasteiger partial charge in [0.15, 0.2) is 22.5 Å². The Hall–Kier alpha value is -8.65. The van der Waals surface area contributed by atoms with Crippen molar-refractivity contribution < 1.29 is 18.4 Å². The third-order valence-electron chi connectivity index (χ3n) is 13.4. The van der Waals surface area contributed by atoms with Crippen molar-refractivity contribution in [3.8, 4) is 22.5 Å². The van der Waals surface area contributed by atoms with Gasteiger partial charge >= 0.3 is 6.09 Å². The molecule has 6 aromatic heterocycles. The minimum atomic E-state index is -0.308. The van der Waals surface area contributed by atoms with Gasteiger partial charge in [0.2, 0.25) is 0 Å². The van der Waals surface area contributed by atoms with Crippen LogP contribution in [0.25, 0.3) is 66.8 Å². The number of benzene rings is 4. The van der Waals surface area contributed by atoms with Gasteiger partial charge in [0, 0.05) is 35.6 Å². The van der Waals surface area contributed by atoms with Crippen molar-refractivity contribution in [3.63, 3.8) is 0 Å². The zero-order valence-corrected chi connectivity index (χ0v) is 40.6. The van der Waals surface area contributed by atoms with Crippen molar-refractivity contribution in [3.05, 3.63) is 108 Å². The van der Waals surface area contributed by atoms with Gasteiger partial charge in [0.05, 0.1) is 30.0 Å². The van der Waals surface area contributed by atoms with Crippen molar-refractivity contribution in [1.82, 2.24) is 59.7 Å². The van der Waals surface area contributed by atoms with Crippen LogP contribution in [0, 0.1) is 27.7 Å². The number of nitrogens with zero attached hydrogens (tertiary/aromatic N) is 11. The van der Waals surface area contributed by atoms with Crippen LogP contribution in [-0.4, -0.2) is 93.7 Å². The molecule has 10 aromatic rings. The topological polar surface area (TPSA) is 257 Å². The molecule has 7 N–H and O–H groups in total. The van der Waals surface area contributed by atoms with Crippen LogP contribution in [0.2, 0.25) is 0 Å². The summed E-state index contributed by atoms with van der Waals surface area (Å²) in [6, 6.07) is 25.3. The highest BCUT2D eigenvalue weighted by Gasteiger charge is 2.29. The number of aromatic nitrogens is 10. The SMILES string of the molecule is COC(=O)N1CCC(n2nc(-c3ccc(Nc4nc5cc(C)cc(C)c5o4)cc3)c3c(N)ncnc32)CC1.Cc1cc(C)c2oc(Nc3ccc(-c4nn(C5CCNCC5)c5ncnc(N)c45)cc3)nc2c1. The first kappa shape index (κ1) is 45.8. The van der Waals surface area contributed by atoms with E-state index in [2.05, 4.69) is 64.9 Å². The summed E-state index contributed by atoms with van der Waals surface area (Å²) in [5.41, 5.74) is 26.8. The average molecular weight is 967 g/mol. The molecule has 8 heterocycles. The number of aryl methyl sites for hydroxylation is 4. The van der Waals surface area contributed by atoms with E-state index in [9.17, 15) is 4.79 Å². The minimum Gasteiger partial charge on any atom is -0.453 e. The van der Waals surface area contributed by atoms with Gasteiger partial charge in [0.25, 0.3) is 12.0 Å². The maximum atomic E-state index is 11.9. The first-order chi connectivity index (χ1) is 35.0. The molecular weight excluding hydrogens is 913 g/mol. The Balaban J connectivity index is 0.000000157. The van der Waals surface area contributed by atoms with E-state index in [0.29, 0.717) is 59.5 Å². The number of carbonyl (C=O) groups excluding carboxylic acids is 1. The van der Waals surface area contributed by atoms with Gasteiger partial charge in [0.1, 0.15) is 46.7 Å². The zero-order valence-electron chi connectivity index (χ0n) is 40.6. The number of anilines is 6. The van der Waals surface area contributed by atoms with Crippen LogP contribution in [0.5, 0.6) is 0 Å². The smallest absolute Gasteiger partial charge is 0.409 e. The van der Waals surface area contributed by atoms with Crippen LogP contribution in [0.4, 0.5) is 39.8 Å². The standard InChI is InChI=1S/C27H28N8O3.C25H26N8O/c1-15-12-16(2)23-20(13-15)32-26(38-23)31-18-6-4-17(5-7-18)22-21-24(28)29-14-30-25(21)35(33-22)19-8-10-34(11-9-19)27(36)37-3;1-14-11-15(2)22-19(12-14)31-25(34-22)30-17-5-3-16(4-6-17)21-20-23(26)28-13-29-24(20)33(32-21)18-7-9-27-10-8-18/h4-7,12-14,19H,8-11H2,1-3H3,(H,31,32)(H2,28,29,30);3-6,11-13,18,27H,7-10H2,1-2H3,(H,30,31)(H2,26,28,29). The van der Waals surface area contributed by atoms with E-state index in [-0.39, 0.29) is 12.1 Å². The molecular formula is C52H54N16O4. The number of carbonyl (C=O) groups is 1. The number of nitrogens with two attached hydrogens (primary N) is 2. The fourth-order valence-electron chi connectivity index (χ4n) is 9.91. The summed E-state index contributed by atoms with van der Waals surface area (Å²) in [6.07, 6.45) is 6.15. The lowest BCUT2D eigenvalue weighted by atomic mass is 10.1. The predicted octanol–water partition coefficient (Wildman–Crippen LogP) is 9.48. The molecule has 2 saturated heterocycles. The molecule has 366 valence electrons. The number of amides is 1. The number of ether oxygens (including phenoxy) is 1. The number of hydrogen-bond donors (Lipinski definition) is 5. The molecule has 20 heteroatoms. The second-order valence-electron chi connectivity index (χ2n) is 18.5. The van der Waals surface area contributed by atoms with Crippen molar-refractivity contribution in [1.29, 1.82) is 0 Å². The molecule has 72 heavy (non-hydrogen) atoms. The van der Waals surface area contributed by atoms with Gasteiger partial charge in [-0.15, -0.1) is 0 Å². The van der Waals surface area contributed by atoms with E-state index in [0.717, 1.165) is 122 Å². The molecule has 1 amide bonds. The summed E-state index contributed by atoms with van der Waals surface area (Å²) in [6.45, 7) is 11.3. The number of likely N-dealkylation sites (tertiary alicyclic amines) is 1. The summed E-state index contributed by atoms with van der Waals surface area (Å²) >= 11 is 0. The first-order valence-corrected chi connectivity index (χ1v) is 24.0. The lowest BCUT2D eigenvalue weighted by Gasteiger charge is -2.31. The lowest BCUT2D eigenvalue weighted by molar-refractivity contribution is 0.106. The van der Waals surface area contributed by atoms with Crippen molar-refractivity contribution >= 4 is 85.4 Å². The average Bonchev–Trinajstić information content (AvgIpc) is 4.19. The Labute approximate surface area is 413 Å². The minimum absolute atomic E-state index is 0.0775. The molecule has 0 atom stereocenters. The summed E-state index contributed by atoms with van der Waals surface area (Å²) in [5.74, 6) is 0.821. The van der Waals surface area contributed by atoms with E-state index >= 15 is 0 Å². The number of nitrogen functional groups attached to an aromatic ring is 2. The molecule has 0 radical (unpaired) electrons. The first-order valence-electron chi connectivity index (χ1n) is 24.0. The van der Waals surface area contributed by atoms with Crippen LogP contribution in [0.3, 0.4) is 0 Å². The molecule has 0 unspecified atom stereocenters. The van der Waals surface area contributed by atoms with Crippen molar-refractivity contribution in [2.45, 2.75) is 65.5 Å².